The predicted molar refractivity (Wildman–Crippen MR) is 129 cm³/mol. The van der Waals surface area contributed by atoms with Crippen molar-refractivity contribution in [1.82, 2.24) is 24.9 Å². The Kier molecular flexibility index (Phi) is 7.15. The highest BCUT2D eigenvalue weighted by Gasteiger charge is 2.48. The SMILES string of the molecule is Cn1ncc(CC(=O)CC23CCC(CCN4CCc5nc(OCC(F)(F)F)sc5CC4)(CC2)CC3)n1. The van der Waals surface area contributed by atoms with Crippen molar-refractivity contribution in [3.05, 3.63) is 22.5 Å². The van der Waals surface area contributed by atoms with Gasteiger partial charge in [0, 0.05) is 37.9 Å². The number of thiazole rings is 1. The number of rotatable bonds is 9. The van der Waals surface area contributed by atoms with E-state index >= 15 is 0 Å². The van der Waals surface area contributed by atoms with Gasteiger partial charge in [0.2, 0.25) is 0 Å². The van der Waals surface area contributed by atoms with Crippen LogP contribution in [0.2, 0.25) is 0 Å². The van der Waals surface area contributed by atoms with Gasteiger partial charge in [-0.2, -0.15) is 28.2 Å². The monoisotopic (exact) mass is 525 g/mol. The van der Waals surface area contributed by atoms with Crippen LogP contribution in [0.25, 0.3) is 0 Å². The fourth-order valence-corrected chi connectivity index (χ4v) is 7.29. The molecule has 36 heavy (non-hydrogen) atoms. The van der Waals surface area contributed by atoms with Gasteiger partial charge in [0.15, 0.2) is 6.61 Å². The zero-order valence-electron chi connectivity index (χ0n) is 20.8. The van der Waals surface area contributed by atoms with Gasteiger partial charge in [-0.1, -0.05) is 11.3 Å². The zero-order valence-corrected chi connectivity index (χ0v) is 21.6. The summed E-state index contributed by atoms with van der Waals surface area (Å²) < 4.78 is 42.1. The molecule has 2 aromatic rings. The van der Waals surface area contributed by atoms with E-state index in [1.54, 1.807) is 13.2 Å². The summed E-state index contributed by atoms with van der Waals surface area (Å²) in [4.78, 5) is 22.1. The summed E-state index contributed by atoms with van der Waals surface area (Å²) >= 11 is 1.26. The first kappa shape index (κ1) is 25.6. The second-order valence-electron chi connectivity index (χ2n) is 11.1. The largest absolute Gasteiger partial charge is 0.460 e. The summed E-state index contributed by atoms with van der Waals surface area (Å²) in [7, 11) is 1.77. The lowest BCUT2D eigenvalue weighted by Crippen LogP contribution is -2.44. The number of alkyl halides is 3. The van der Waals surface area contributed by atoms with Gasteiger partial charge in [-0.05, 0) is 68.7 Å². The van der Waals surface area contributed by atoms with Crippen LogP contribution in [0, 0.1) is 10.8 Å². The van der Waals surface area contributed by atoms with Crippen LogP contribution in [0.15, 0.2) is 6.20 Å². The topological polar surface area (TPSA) is 73.1 Å². The van der Waals surface area contributed by atoms with E-state index in [-0.39, 0.29) is 16.4 Å². The quantitative estimate of drug-likeness (QED) is 0.479. The van der Waals surface area contributed by atoms with Crippen molar-refractivity contribution in [3.8, 4) is 5.19 Å². The van der Waals surface area contributed by atoms with Crippen LogP contribution in [-0.4, -0.2) is 63.1 Å². The number of carbonyl (C=O) groups is 1. The minimum Gasteiger partial charge on any atom is -0.460 e. The Morgan fingerprint density at radius 1 is 1.11 bits per heavy atom. The summed E-state index contributed by atoms with van der Waals surface area (Å²) in [5.74, 6) is 0.280. The van der Waals surface area contributed by atoms with E-state index in [0.29, 0.717) is 18.3 Å². The highest BCUT2D eigenvalue weighted by molar-refractivity contribution is 7.13. The van der Waals surface area contributed by atoms with Crippen LogP contribution in [-0.2, 0) is 31.1 Å². The van der Waals surface area contributed by atoms with Gasteiger partial charge in [-0.15, -0.1) is 0 Å². The van der Waals surface area contributed by atoms with Gasteiger partial charge >= 0.3 is 6.18 Å². The van der Waals surface area contributed by atoms with Crippen LogP contribution >= 0.6 is 11.3 Å². The molecule has 1 aliphatic heterocycles. The van der Waals surface area contributed by atoms with E-state index in [1.165, 1.54) is 41.8 Å². The van der Waals surface area contributed by atoms with Crippen LogP contribution in [0.4, 0.5) is 13.2 Å². The molecule has 3 aliphatic carbocycles. The molecule has 7 nitrogen and oxygen atoms in total. The summed E-state index contributed by atoms with van der Waals surface area (Å²) in [5, 5.41) is 8.45. The average Bonchev–Trinajstić information content (AvgIpc) is 3.37. The first-order valence-electron chi connectivity index (χ1n) is 12.9. The standard InChI is InChI=1S/C25H34F3N5O2S/c1-32-29-16-18(31-32)14-19(34)15-24-7-4-23(5-8-24,6-9-24)10-13-33-11-2-20-21(3-12-33)36-22(30-20)35-17-25(26,27)28/h16H,2-15,17H2,1H3. The molecule has 3 heterocycles. The number of Topliss-reactive ketones (excluding diaryl/α,β-unsaturated/α-hetero) is 1. The second-order valence-corrected chi connectivity index (χ2v) is 12.1. The Balaban J connectivity index is 1.07. The van der Waals surface area contributed by atoms with Crippen LogP contribution in [0.5, 0.6) is 5.19 Å². The molecular formula is C25H34F3N5O2S. The maximum absolute atomic E-state index is 12.7. The van der Waals surface area contributed by atoms with Gasteiger partial charge in [0.05, 0.1) is 24.0 Å². The Morgan fingerprint density at radius 3 is 2.47 bits per heavy atom. The molecule has 0 atom stereocenters. The van der Waals surface area contributed by atoms with Crippen LogP contribution in [0.3, 0.4) is 0 Å². The Morgan fingerprint density at radius 2 is 1.81 bits per heavy atom. The van der Waals surface area contributed by atoms with Gasteiger partial charge in [0.25, 0.3) is 5.19 Å². The molecule has 3 saturated carbocycles. The van der Waals surface area contributed by atoms with Crippen molar-refractivity contribution >= 4 is 17.1 Å². The summed E-state index contributed by atoms with van der Waals surface area (Å²) in [5.41, 5.74) is 2.22. The number of nitrogens with zero attached hydrogens (tertiary/aromatic N) is 5. The number of ketones is 1. The maximum atomic E-state index is 12.7. The Hall–Kier alpha value is -2.01. The minimum atomic E-state index is -4.34. The van der Waals surface area contributed by atoms with E-state index in [0.717, 1.165) is 68.0 Å². The number of halogens is 3. The van der Waals surface area contributed by atoms with Gasteiger partial charge in [-0.25, -0.2) is 4.98 Å². The molecule has 3 fully saturated rings. The minimum absolute atomic E-state index is 0.132. The molecule has 0 aromatic carbocycles. The lowest BCUT2D eigenvalue weighted by atomic mass is 9.51. The van der Waals surface area contributed by atoms with Crippen LogP contribution in [0.1, 0.15) is 67.6 Å². The molecular weight excluding hydrogens is 491 g/mol. The van der Waals surface area contributed by atoms with E-state index < -0.39 is 12.8 Å². The fourth-order valence-electron chi connectivity index (χ4n) is 6.34. The highest BCUT2D eigenvalue weighted by Crippen LogP contribution is 2.59. The number of aryl methyl sites for hydroxylation is 1. The molecule has 0 spiro atoms. The molecule has 0 radical (unpaired) electrons. The van der Waals surface area contributed by atoms with Crippen molar-refractivity contribution in [2.45, 2.75) is 76.8 Å². The predicted octanol–water partition coefficient (Wildman–Crippen LogP) is 4.55. The summed E-state index contributed by atoms with van der Waals surface area (Å²) in [6.45, 7) is 1.55. The van der Waals surface area contributed by atoms with Crippen molar-refractivity contribution in [2.75, 3.05) is 26.2 Å². The van der Waals surface area contributed by atoms with Crippen molar-refractivity contribution < 1.29 is 22.7 Å². The number of aromatic nitrogens is 4. The molecule has 4 aliphatic rings. The van der Waals surface area contributed by atoms with E-state index in [2.05, 4.69) is 20.1 Å². The smallest absolute Gasteiger partial charge is 0.422 e. The van der Waals surface area contributed by atoms with Crippen molar-refractivity contribution in [2.24, 2.45) is 17.9 Å². The van der Waals surface area contributed by atoms with Crippen LogP contribution < -0.4 is 4.74 Å². The molecule has 2 bridgehead atoms. The Bertz CT molecular complexity index is 1030. The third kappa shape index (κ3) is 6.10. The van der Waals surface area contributed by atoms with Gasteiger partial charge in [0.1, 0.15) is 5.78 Å². The number of carbonyl (C=O) groups excluding carboxylic acids is 1. The molecule has 0 unspecified atom stereocenters. The number of hydrogen-bond acceptors (Lipinski definition) is 7. The van der Waals surface area contributed by atoms with E-state index in [1.807, 2.05) is 0 Å². The van der Waals surface area contributed by atoms with E-state index in [9.17, 15) is 18.0 Å². The molecule has 198 valence electrons. The maximum Gasteiger partial charge on any atom is 0.422 e. The second kappa shape index (κ2) is 10.0. The normalized spacial score (nSPS) is 26.6. The summed E-state index contributed by atoms with van der Waals surface area (Å²) in [6.07, 6.45) is 8.15. The number of hydrogen-bond donors (Lipinski definition) is 0. The van der Waals surface area contributed by atoms with Gasteiger partial charge in [-0.3, -0.25) is 4.79 Å². The molecule has 0 amide bonds. The molecule has 6 rings (SSSR count). The average molecular weight is 526 g/mol. The molecule has 11 heteroatoms. The molecule has 0 saturated heterocycles. The first-order valence-corrected chi connectivity index (χ1v) is 13.7. The molecule has 2 aromatic heterocycles. The number of ether oxygens (including phenoxy) is 1. The highest BCUT2D eigenvalue weighted by atomic mass is 32.1. The van der Waals surface area contributed by atoms with E-state index in [4.69, 9.17) is 4.74 Å². The zero-order chi connectivity index (χ0) is 25.4. The lowest BCUT2D eigenvalue weighted by molar-refractivity contribution is -0.153. The lowest BCUT2D eigenvalue weighted by Gasteiger charge is -2.54. The summed E-state index contributed by atoms with van der Waals surface area (Å²) in [6, 6.07) is 0. The molecule has 0 N–H and O–H groups in total. The van der Waals surface area contributed by atoms with Crippen molar-refractivity contribution in [1.29, 1.82) is 0 Å². The van der Waals surface area contributed by atoms with Gasteiger partial charge < -0.3 is 9.64 Å². The van der Waals surface area contributed by atoms with Crippen molar-refractivity contribution in [3.63, 3.8) is 0 Å². The third-order valence-corrected chi connectivity index (χ3v) is 9.62. The first-order chi connectivity index (χ1) is 17.1. The third-order valence-electron chi connectivity index (χ3n) is 8.55. The fraction of sp³-hybridized carbons (Fsp3) is 0.760. The number of fused-ring (bicyclic) bond motifs is 4. The Labute approximate surface area is 213 Å².